The zero-order valence-corrected chi connectivity index (χ0v) is 13.4. The Bertz CT molecular complexity index is 621. The van der Waals surface area contributed by atoms with Gasteiger partial charge in [-0.1, -0.05) is 15.9 Å². The summed E-state index contributed by atoms with van der Waals surface area (Å²) in [7, 11) is 1.98. The van der Waals surface area contributed by atoms with Crippen LogP contribution < -0.4 is 10.1 Å². The van der Waals surface area contributed by atoms with Gasteiger partial charge in [-0.3, -0.25) is 0 Å². The van der Waals surface area contributed by atoms with E-state index in [0.29, 0.717) is 6.04 Å². The number of halogens is 1. The fraction of sp³-hybridized carbons (Fsp3) is 0.375. The number of fused-ring (bicyclic) bond motifs is 1. The van der Waals surface area contributed by atoms with Gasteiger partial charge in [0.25, 0.3) is 0 Å². The number of hydrogen-bond donors (Lipinski definition) is 1. The number of aromatic nitrogens is 1. The molecule has 0 aliphatic carbocycles. The second-order valence-corrected chi connectivity index (χ2v) is 6.19. The van der Waals surface area contributed by atoms with Gasteiger partial charge in [0.1, 0.15) is 5.75 Å². The van der Waals surface area contributed by atoms with Crippen molar-refractivity contribution in [3.05, 3.63) is 51.8 Å². The molecule has 1 aromatic heterocycles. The van der Waals surface area contributed by atoms with Crippen LogP contribution in [0.3, 0.4) is 0 Å². The third-order valence-corrected chi connectivity index (χ3v) is 4.34. The second kappa shape index (κ2) is 5.62. The maximum Gasteiger partial charge on any atom is 0.127 e. The first-order valence-corrected chi connectivity index (χ1v) is 7.73. The summed E-state index contributed by atoms with van der Waals surface area (Å²) in [4.78, 5) is 0. The number of benzene rings is 1. The van der Waals surface area contributed by atoms with E-state index in [-0.39, 0.29) is 0 Å². The Labute approximate surface area is 128 Å². The van der Waals surface area contributed by atoms with Crippen molar-refractivity contribution in [2.45, 2.75) is 25.9 Å². The second-order valence-electron chi connectivity index (χ2n) is 5.28. The average Bonchev–Trinajstić information content (AvgIpc) is 3.06. The summed E-state index contributed by atoms with van der Waals surface area (Å²) in [5, 5.41) is 3.26. The van der Waals surface area contributed by atoms with E-state index in [9.17, 15) is 0 Å². The van der Waals surface area contributed by atoms with Crippen molar-refractivity contribution in [2.24, 2.45) is 0 Å². The Kier molecular flexibility index (Phi) is 3.85. The summed E-state index contributed by atoms with van der Waals surface area (Å²) in [5.74, 6) is 1.07. The molecule has 1 aliphatic rings. The van der Waals surface area contributed by atoms with Crippen molar-refractivity contribution < 1.29 is 4.74 Å². The molecule has 3 rings (SSSR count). The first-order chi connectivity index (χ1) is 9.67. The van der Waals surface area contributed by atoms with Crippen LogP contribution in [0.1, 0.15) is 29.7 Å². The summed E-state index contributed by atoms with van der Waals surface area (Å²) in [6, 6.07) is 6.86. The molecule has 0 bridgehead atoms. The zero-order valence-electron chi connectivity index (χ0n) is 11.8. The molecule has 2 aromatic rings. The minimum absolute atomic E-state index is 0.376. The largest absolute Gasteiger partial charge is 0.493 e. The van der Waals surface area contributed by atoms with Crippen molar-refractivity contribution in [1.29, 1.82) is 0 Å². The Morgan fingerprint density at radius 3 is 3.10 bits per heavy atom. The monoisotopic (exact) mass is 334 g/mol. The van der Waals surface area contributed by atoms with Crippen LogP contribution in [-0.2, 0) is 13.0 Å². The van der Waals surface area contributed by atoms with Crippen LogP contribution in [0.2, 0.25) is 0 Å². The van der Waals surface area contributed by atoms with E-state index in [4.69, 9.17) is 4.74 Å². The lowest BCUT2D eigenvalue weighted by molar-refractivity contribution is 0.352. The van der Waals surface area contributed by atoms with Gasteiger partial charge in [-0.15, -0.1) is 0 Å². The van der Waals surface area contributed by atoms with E-state index in [1.807, 2.05) is 7.05 Å². The quantitative estimate of drug-likeness (QED) is 0.925. The summed E-state index contributed by atoms with van der Waals surface area (Å²) in [6.45, 7) is 3.81. The molecule has 0 saturated heterocycles. The number of rotatable bonds is 4. The molecule has 4 heteroatoms. The van der Waals surface area contributed by atoms with E-state index in [0.717, 1.165) is 29.8 Å². The molecule has 0 spiro atoms. The molecule has 1 aromatic carbocycles. The molecular formula is C16H19BrN2O. The van der Waals surface area contributed by atoms with Crippen molar-refractivity contribution in [1.82, 2.24) is 9.88 Å². The lowest BCUT2D eigenvalue weighted by Gasteiger charge is -2.11. The fourth-order valence-electron chi connectivity index (χ4n) is 2.64. The van der Waals surface area contributed by atoms with E-state index >= 15 is 0 Å². The highest BCUT2D eigenvalue weighted by Gasteiger charge is 2.17. The molecule has 3 nitrogen and oxygen atoms in total. The molecule has 1 unspecified atom stereocenters. The van der Waals surface area contributed by atoms with Crippen LogP contribution in [0, 0.1) is 0 Å². The topological polar surface area (TPSA) is 26.2 Å². The standard InChI is InChI=1S/C16H19BrN2O/c1-11(18-2)13-3-5-19(9-13)10-14-8-15(17)7-12-4-6-20-16(12)14/h3,5,7-9,11,18H,4,6,10H2,1-2H3. The van der Waals surface area contributed by atoms with E-state index in [2.05, 4.69) is 63.3 Å². The number of nitrogens with one attached hydrogen (secondary N) is 1. The molecule has 2 heterocycles. The van der Waals surface area contributed by atoms with Crippen molar-refractivity contribution in [3.8, 4) is 5.75 Å². The summed E-state index contributed by atoms with van der Waals surface area (Å²) < 4.78 is 9.13. The van der Waals surface area contributed by atoms with Crippen LogP contribution in [0.4, 0.5) is 0 Å². The van der Waals surface area contributed by atoms with Crippen molar-refractivity contribution in [3.63, 3.8) is 0 Å². The summed E-state index contributed by atoms with van der Waals surface area (Å²) in [6.07, 6.45) is 5.34. The number of nitrogens with zero attached hydrogens (tertiary/aromatic N) is 1. The summed E-state index contributed by atoms with van der Waals surface area (Å²) in [5.41, 5.74) is 3.86. The van der Waals surface area contributed by atoms with E-state index in [1.54, 1.807) is 0 Å². The number of ether oxygens (including phenoxy) is 1. The Balaban J connectivity index is 1.86. The van der Waals surface area contributed by atoms with Gasteiger partial charge in [0.2, 0.25) is 0 Å². The SMILES string of the molecule is CNC(C)c1ccn(Cc2cc(Br)cc3c2OCC3)c1. The molecule has 0 saturated carbocycles. The lowest BCUT2D eigenvalue weighted by atomic mass is 10.1. The van der Waals surface area contributed by atoms with Gasteiger partial charge in [0.15, 0.2) is 0 Å². The molecular weight excluding hydrogens is 316 g/mol. The predicted octanol–water partition coefficient (Wildman–Crippen LogP) is 3.51. The van der Waals surface area contributed by atoms with Crippen LogP contribution in [-0.4, -0.2) is 18.2 Å². The van der Waals surface area contributed by atoms with Gasteiger partial charge < -0.3 is 14.6 Å². The summed E-state index contributed by atoms with van der Waals surface area (Å²) >= 11 is 3.59. The molecule has 1 atom stereocenters. The van der Waals surface area contributed by atoms with Gasteiger partial charge >= 0.3 is 0 Å². The van der Waals surface area contributed by atoms with Crippen molar-refractivity contribution in [2.75, 3.05) is 13.7 Å². The Morgan fingerprint density at radius 1 is 1.45 bits per heavy atom. The highest BCUT2D eigenvalue weighted by atomic mass is 79.9. The minimum Gasteiger partial charge on any atom is -0.493 e. The molecule has 0 radical (unpaired) electrons. The van der Waals surface area contributed by atoms with Gasteiger partial charge in [0, 0.05) is 34.9 Å². The van der Waals surface area contributed by atoms with Crippen molar-refractivity contribution >= 4 is 15.9 Å². The van der Waals surface area contributed by atoms with Gasteiger partial charge in [-0.25, -0.2) is 0 Å². The van der Waals surface area contributed by atoms with Gasteiger partial charge in [0.05, 0.1) is 13.2 Å². The van der Waals surface area contributed by atoms with Crippen LogP contribution in [0.15, 0.2) is 35.1 Å². The Hall–Kier alpha value is -1.26. The third kappa shape index (κ3) is 2.63. The lowest BCUT2D eigenvalue weighted by Crippen LogP contribution is -2.11. The molecule has 0 fully saturated rings. The molecule has 20 heavy (non-hydrogen) atoms. The molecule has 106 valence electrons. The number of hydrogen-bond acceptors (Lipinski definition) is 2. The smallest absolute Gasteiger partial charge is 0.127 e. The van der Waals surface area contributed by atoms with Gasteiger partial charge in [-0.05, 0) is 43.3 Å². The van der Waals surface area contributed by atoms with Crippen LogP contribution in [0.25, 0.3) is 0 Å². The molecule has 1 N–H and O–H groups in total. The van der Waals surface area contributed by atoms with Crippen LogP contribution >= 0.6 is 15.9 Å². The minimum atomic E-state index is 0.376. The fourth-order valence-corrected chi connectivity index (χ4v) is 3.19. The highest BCUT2D eigenvalue weighted by molar-refractivity contribution is 9.10. The first-order valence-electron chi connectivity index (χ1n) is 6.94. The average molecular weight is 335 g/mol. The van der Waals surface area contributed by atoms with Crippen LogP contribution in [0.5, 0.6) is 5.75 Å². The Morgan fingerprint density at radius 2 is 2.30 bits per heavy atom. The zero-order chi connectivity index (χ0) is 14.1. The van der Waals surface area contributed by atoms with Gasteiger partial charge in [-0.2, -0.15) is 0 Å². The molecule has 0 amide bonds. The first kappa shape index (κ1) is 13.7. The van der Waals surface area contributed by atoms with E-state index < -0.39 is 0 Å². The normalized spacial score (nSPS) is 14.9. The third-order valence-electron chi connectivity index (χ3n) is 3.88. The van der Waals surface area contributed by atoms with E-state index in [1.165, 1.54) is 16.7 Å². The predicted molar refractivity (Wildman–Crippen MR) is 84.3 cm³/mol. The highest BCUT2D eigenvalue weighted by Crippen LogP contribution is 2.33. The molecule has 1 aliphatic heterocycles. The maximum absolute atomic E-state index is 5.79. The maximum atomic E-state index is 5.79.